The molecule has 25 heavy (non-hydrogen) atoms. The Bertz CT molecular complexity index is 640. The monoisotopic (exact) mass is 343 g/mol. The molecule has 1 aliphatic heterocycles. The molecule has 0 spiro atoms. The number of hydrogen-bond acceptors (Lipinski definition) is 4. The highest BCUT2D eigenvalue weighted by molar-refractivity contribution is 5.75. The van der Waals surface area contributed by atoms with E-state index in [1.807, 2.05) is 11.0 Å². The molecule has 6 heteroatoms. The number of nitrogens with zero attached hydrogens (tertiary/aromatic N) is 4. The van der Waals surface area contributed by atoms with E-state index in [4.69, 9.17) is 0 Å². The molecule has 1 N–H and O–H groups in total. The fourth-order valence-corrected chi connectivity index (χ4v) is 5.23. The summed E-state index contributed by atoms with van der Waals surface area (Å²) in [5.74, 6) is 1.50. The average molecular weight is 343 g/mol. The van der Waals surface area contributed by atoms with Crippen molar-refractivity contribution in [1.29, 1.82) is 0 Å². The second-order valence-electron chi connectivity index (χ2n) is 8.64. The molecule has 2 saturated carbocycles. The Morgan fingerprint density at radius 3 is 2.40 bits per heavy atom. The smallest absolute Gasteiger partial charge is 0.317 e. The van der Waals surface area contributed by atoms with Crippen LogP contribution in [-0.2, 0) is 0 Å². The van der Waals surface area contributed by atoms with Crippen LogP contribution in [0.15, 0.2) is 18.5 Å². The Morgan fingerprint density at radius 2 is 1.84 bits per heavy atom. The summed E-state index contributed by atoms with van der Waals surface area (Å²) in [6.07, 6.45) is 7.20. The molecule has 0 unspecified atom stereocenters. The lowest BCUT2D eigenvalue weighted by molar-refractivity contribution is 0.117. The van der Waals surface area contributed by atoms with E-state index >= 15 is 0 Å². The van der Waals surface area contributed by atoms with E-state index in [0.717, 1.165) is 44.5 Å². The first-order chi connectivity index (χ1) is 11.9. The predicted octanol–water partition coefficient (Wildman–Crippen LogP) is 2.52. The summed E-state index contributed by atoms with van der Waals surface area (Å²) >= 11 is 0. The minimum Gasteiger partial charge on any atom is -0.337 e. The van der Waals surface area contributed by atoms with E-state index in [-0.39, 0.29) is 11.4 Å². The van der Waals surface area contributed by atoms with Gasteiger partial charge in [0, 0.05) is 44.6 Å². The molecule has 136 valence electrons. The van der Waals surface area contributed by atoms with Crippen molar-refractivity contribution in [1.82, 2.24) is 20.2 Å². The highest BCUT2D eigenvalue weighted by Gasteiger charge is 2.61. The van der Waals surface area contributed by atoms with Gasteiger partial charge in [-0.15, -0.1) is 0 Å². The lowest BCUT2D eigenvalue weighted by atomic mass is 9.69. The minimum absolute atomic E-state index is 0.100. The highest BCUT2D eigenvalue weighted by Crippen LogP contribution is 2.65. The molecule has 1 aromatic rings. The molecule has 2 aliphatic carbocycles. The zero-order valence-electron chi connectivity index (χ0n) is 15.5. The predicted molar refractivity (Wildman–Crippen MR) is 97.4 cm³/mol. The van der Waals surface area contributed by atoms with Gasteiger partial charge in [-0.25, -0.2) is 14.8 Å². The summed E-state index contributed by atoms with van der Waals surface area (Å²) in [5, 5.41) is 3.37. The molecule has 3 aliphatic rings. The largest absolute Gasteiger partial charge is 0.337 e. The summed E-state index contributed by atoms with van der Waals surface area (Å²) in [6.45, 7) is 10.2. The first-order valence-electron chi connectivity index (χ1n) is 9.49. The number of aromatic nitrogens is 2. The van der Waals surface area contributed by atoms with Crippen LogP contribution in [0.1, 0.15) is 40.0 Å². The number of anilines is 1. The van der Waals surface area contributed by atoms with E-state index in [2.05, 4.69) is 41.0 Å². The fraction of sp³-hybridized carbons (Fsp3) is 0.737. The van der Waals surface area contributed by atoms with Gasteiger partial charge in [0.15, 0.2) is 0 Å². The van der Waals surface area contributed by atoms with Crippen molar-refractivity contribution >= 4 is 12.0 Å². The van der Waals surface area contributed by atoms with Crippen LogP contribution in [-0.4, -0.2) is 53.1 Å². The van der Waals surface area contributed by atoms with Gasteiger partial charge in [-0.1, -0.05) is 20.8 Å². The van der Waals surface area contributed by atoms with E-state index in [1.165, 1.54) is 12.8 Å². The summed E-state index contributed by atoms with van der Waals surface area (Å²) < 4.78 is 0. The van der Waals surface area contributed by atoms with Crippen LogP contribution in [0.2, 0.25) is 0 Å². The SMILES string of the molecule is CC1(C)[C@H]2CC[C@]1(C)[C@H](NC(=O)N1CCN(c3ncccn3)CC1)C2. The molecule has 3 atom stereocenters. The maximum absolute atomic E-state index is 12.8. The number of carbonyl (C=O) groups is 1. The van der Waals surface area contributed by atoms with Crippen molar-refractivity contribution in [3.63, 3.8) is 0 Å². The van der Waals surface area contributed by atoms with Crippen molar-refractivity contribution in [2.45, 2.75) is 46.1 Å². The highest BCUT2D eigenvalue weighted by atomic mass is 16.2. The van der Waals surface area contributed by atoms with Gasteiger partial charge in [0.25, 0.3) is 0 Å². The van der Waals surface area contributed by atoms with Crippen molar-refractivity contribution in [3.05, 3.63) is 18.5 Å². The van der Waals surface area contributed by atoms with E-state index in [9.17, 15) is 4.79 Å². The molecule has 4 rings (SSSR count). The molecule has 1 aromatic heterocycles. The maximum atomic E-state index is 12.8. The molecule has 3 fully saturated rings. The number of fused-ring (bicyclic) bond motifs is 2. The lowest BCUT2D eigenvalue weighted by Crippen LogP contribution is -2.56. The van der Waals surface area contributed by atoms with Gasteiger partial charge in [-0.2, -0.15) is 0 Å². The molecule has 6 nitrogen and oxygen atoms in total. The first kappa shape index (κ1) is 16.6. The molecule has 2 bridgehead atoms. The zero-order valence-corrected chi connectivity index (χ0v) is 15.5. The van der Waals surface area contributed by atoms with Crippen LogP contribution >= 0.6 is 0 Å². The molecule has 0 aromatic carbocycles. The Kier molecular flexibility index (Phi) is 3.89. The fourth-order valence-electron chi connectivity index (χ4n) is 5.23. The van der Waals surface area contributed by atoms with Gasteiger partial charge in [0.05, 0.1) is 0 Å². The van der Waals surface area contributed by atoms with Gasteiger partial charge < -0.3 is 15.1 Å². The number of hydrogen-bond donors (Lipinski definition) is 1. The summed E-state index contributed by atoms with van der Waals surface area (Å²) in [6, 6.07) is 2.23. The van der Waals surface area contributed by atoms with E-state index in [1.54, 1.807) is 12.4 Å². The molecule has 1 saturated heterocycles. The Morgan fingerprint density at radius 1 is 1.16 bits per heavy atom. The number of rotatable bonds is 2. The Labute approximate surface area is 150 Å². The van der Waals surface area contributed by atoms with Crippen molar-refractivity contribution in [2.75, 3.05) is 31.1 Å². The van der Waals surface area contributed by atoms with Crippen LogP contribution in [0, 0.1) is 16.7 Å². The second kappa shape index (κ2) is 5.85. The van der Waals surface area contributed by atoms with Gasteiger partial charge in [-0.3, -0.25) is 0 Å². The third-order valence-corrected chi connectivity index (χ3v) is 7.49. The number of amides is 2. The lowest BCUT2D eigenvalue weighted by Gasteiger charge is -2.41. The third kappa shape index (κ3) is 2.57. The van der Waals surface area contributed by atoms with E-state index < -0.39 is 0 Å². The van der Waals surface area contributed by atoms with E-state index in [0.29, 0.717) is 11.5 Å². The number of carbonyl (C=O) groups excluding carboxylic acids is 1. The summed E-state index contributed by atoms with van der Waals surface area (Å²) in [7, 11) is 0. The van der Waals surface area contributed by atoms with Crippen molar-refractivity contribution in [3.8, 4) is 0 Å². The normalized spacial score (nSPS) is 33.6. The first-order valence-corrected chi connectivity index (χ1v) is 9.49. The standard InChI is InChI=1S/C19H29N5O/c1-18(2)14-5-6-19(18,3)15(13-14)22-17(25)24-11-9-23(10-12-24)16-20-7-4-8-21-16/h4,7-8,14-15H,5-6,9-13H2,1-3H3,(H,22,25)/t14-,15+,19+/m0/s1. The van der Waals surface area contributed by atoms with Crippen molar-refractivity contribution < 1.29 is 4.79 Å². The Balaban J connectivity index is 1.35. The van der Waals surface area contributed by atoms with Crippen molar-refractivity contribution in [2.24, 2.45) is 16.7 Å². The molecule has 0 radical (unpaired) electrons. The van der Waals surface area contributed by atoms with Crippen LogP contribution in [0.5, 0.6) is 0 Å². The van der Waals surface area contributed by atoms with Gasteiger partial charge in [0.2, 0.25) is 5.95 Å². The number of urea groups is 1. The number of nitrogens with one attached hydrogen (secondary N) is 1. The number of piperazine rings is 1. The quantitative estimate of drug-likeness (QED) is 0.896. The van der Waals surface area contributed by atoms with Crippen LogP contribution in [0.3, 0.4) is 0 Å². The van der Waals surface area contributed by atoms with Gasteiger partial charge in [-0.05, 0) is 42.1 Å². The van der Waals surface area contributed by atoms with Crippen LogP contribution in [0.25, 0.3) is 0 Å². The van der Waals surface area contributed by atoms with Crippen LogP contribution < -0.4 is 10.2 Å². The minimum atomic E-state index is 0.100. The third-order valence-electron chi connectivity index (χ3n) is 7.49. The molecular formula is C19H29N5O. The molecule has 2 heterocycles. The Hall–Kier alpha value is -1.85. The molecule has 2 amide bonds. The maximum Gasteiger partial charge on any atom is 0.317 e. The second-order valence-corrected chi connectivity index (χ2v) is 8.64. The topological polar surface area (TPSA) is 61.4 Å². The molecular weight excluding hydrogens is 314 g/mol. The zero-order chi connectivity index (χ0) is 17.7. The van der Waals surface area contributed by atoms with Gasteiger partial charge >= 0.3 is 6.03 Å². The van der Waals surface area contributed by atoms with Gasteiger partial charge in [0.1, 0.15) is 0 Å². The average Bonchev–Trinajstić information content (AvgIpc) is 2.96. The summed E-state index contributed by atoms with van der Waals surface area (Å²) in [5.41, 5.74) is 0.557. The summed E-state index contributed by atoms with van der Waals surface area (Å²) in [4.78, 5) is 25.5. The van der Waals surface area contributed by atoms with Crippen LogP contribution in [0.4, 0.5) is 10.7 Å².